The number of aromatic amines is 1. The van der Waals surface area contributed by atoms with Crippen molar-refractivity contribution in [1.29, 1.82) is 0 Å². The Morgan fingerprint density at radius 3 is 1.47 bits per heavy atom. The zero-order valence-electron chi connectivity index (χ0n) is 53.9. The van der Waals surface area contributed by atoms with Gasteiger partial charge in [0.15, 0.2) is 5.78 Å². The monoisotopic (exact) mass is 1370 g/mol. The summed E-state index contributed by atoms with van der Waals surface area (Å²) >= 11 is 1.21. The summed E-state index contributed by atoms with van der Waals surface area (Å²) in [7, 11) is 0. The van der Waals surface area contributed by atoms with Crippen molar-refractivity contribution < 1.29 is 107 Å². The Bertz CT molecular complexity index is 2880. The Kier molecular flexibility index (Phi) is 34.2. The van der Waals surface area contributed by atoms with Gasteiger partial charge in [0.2, 0.25) is 59.1 Å². The lowest BCUT2D eigenvalue weighted by molar-refractivity contribution is -0.147. The molecule has 95 heavy (non-hydrogen) atoms. The molecule has 3 rings (SSSR count). The van der Waals surface area contributed by atoms with Crippen LogP contribution in [0, 0.1) is 11.8 Å². The van der Waals surface area contributed by atoms with Crippen LogP contribution in [0.25, 0.3) is 0 Å². The number of fused-ring (bicyclic) bond motifs is 1. The van der Waals surface area contributed by atoms with Gasteiger partial charge in [0.1, 0.15) is 54.4 Å². The first-order chi connectivity index (χ1) is 44.7. The highest BCUT2D eigenvalue weighted by Crippen LogP contribution is 2.21. The smallest absolute Gasteiger partial charge is 0.305 e. The largest absolute Gasteiger partial charge is 0.481 e. The van der Waals surface area contributed by atoms with Crippen LogP contribution in [0.15, 0.2) is 12.5 Å². The van der Waals surface area contributed by atoms with Gasteiger partial charge in [-0.1, -0.05) is 53.4 Å². The molecule has 0 aromatic carbocycles. The van der Waals surface area contributed by atoms with Crippen LogP contribution < -0.4 is 53.2 Å². The second-order valence-electron chi connectivity index (χ2n) is 24.0. The van der Waals surface area contributed by atoms with E-state index in [1.54, 1.807) is 6.26 Å². The predicted octanol–water partition coefficient (Wildman–Crippen LogP) is -3.21. The molecule has 10 amide bonds. The van der Waals surface area contributed by atoms with E-state index in [1.165, 1.54) is 52.0 Å². The van der Waals surface area contributed by atoms with E-state index >= 15 is 0 Å². The maximum absolute atomic E-state index is 14.4. The molecular weight excluding hydrogens is 1270 g/mol. The van der Waals surface area contributed by atoms with Gasteiger partial charge in [-0.25, -0.2) is 4.98 Å². The fourth-order valence-electron chi connectivity index (χ4n) is 10.4. The zero-order chi connectivity index (χ0) is 71.2. The van der Waals surface area contributed by atoms with Gasteiger partial charge < -0.3 is 93.7 Å². The summed E-state index contributed by atoms with van der Waals surface area (Å²) in [5.74, 6) is -20.9. The predicted molar refractivity (Wildman–Crippen MR) is 334 cm³/mol. The number of aliphatic hydroxyl groups is 1. The Morgan fingerprint density at radius 2 is 0.937 bits per heavy atom. The molecule has 35 nitrogen and oxygen atoms in total. The van der Waals surface area contributed by atoms with Gasteiger partial charge in [-0.2, -0.15) is 11.8 Å². The summed E-state index contributed by atoms with van der Waals surface area (Å²) in [6.45, 7) is 6.87. The molecule has 530 valence electrons. The van der Waals surface area contributed by atoms with Gasteiger partial charge in [-0.05, 0) is 75.8 Å². The quantitative estimate of drug-likeness (QED) is 0.0648. The molecule has 2 fully saturated rings. The Labute approximate surface area is 551 Å². The third-order valence-corrected chi connectivity index (χ3v) is 16.2. The number of carbonyl (C=O) groups excluding carboxylic acids is 11. The standard InChI is InChI=1S/C59H91N13O22S/c1-29(2)47-56(91)64-34(18-21-95-6)51(86)71-49(31(5)73)58(93)68-39(26-46(83)84)59(94)72-20-13-14-40(72)55(90)70-48(30(3)4)57(92)67-37(24-44(79)80)53(88)65-35(22-32-27-60-28-62-32)41(74)15-11-9-7-8-10-12-19-61-36(23-43(77)78)52(87)63-33(16-17-42(75)76)50(85)66-38(25-45(81)82)54(89)69-47/h27-31,33-40,47-49,61,73H,7-26H2,1-6H3,(H,60,62)(H,63,87)(H,64,91)(H,65,88)(H,66,85)(H,67,92)(H,68,93)(H,69,89)(H,70,90)(H,71,86)(H,75,76)(H,77,78)(H,79,80)(H,81,82)(H,83,84)/t31-,33+,34+,35+,36+,37+,38+,39+,40+,47+,48+,49+/m1/s1. The highest BCUT2D eigenvalue weighted by Gasteiger charge is 2.43. The molecule has 2 aliphatic heterocycles. The summed E-state index contributed by atoms with van der Waals surface area (Å²) in [6.07, 6.45) is -0.168. The number of aromatic nitrogens is 2. The second-order valence-corrected chi connectivity index (χ2v) is 24.9. The van der Waals surface area contributed by atoms with Crippen LogP contribution in [-0.2, 0) is 83.1 Å². The van der Waals surface area contributed by atoms with Crippen molar-refractivity contribution in [3.8, 4) is 0 Å². The topological polar surface area (TPSA) is 547 Å². The Hall–Kier alpha value is -8.80. The number of thioether (sulfide) groups is 1. The Morgan fingerprint density at radius 1 is 0.505 bits per heavy atom. The third kappa shape index (κ3) is 28.0. The fourth-order valence-corrected chi connectivity index (χ4v) is 10.9. The molecule has 0 bridgehead atoms. The number of hydrogen-bond acceptors (Lipinski definition) is 20. The van der Waals surface area contributed by atoms with E-state index in [9.17, 15) is 107 Å². The number of amides is 10. The lowest BCUT2D eigenvalue weighted by Gasteiger charge is -2.31. The molecule has 0 unspecified atom stereocenters. The molecule has 1 aromatic heterocycles. The van der Waals surface area contributed by atoms with Crippen LogP contribution in [-0.4, -0.2) is 238 Å². The zero-order valence-corrected chi connectivity index (χ0v) is 54.7. The van der Waals surface area contributed by atoms with Gasteiger partial charge >= 0.3 is 29.8 Å². The number of nitrogens with one attached hydrogen (secondary N) is 11. The number of aliphatic hydroxyl groups excluding tert-OH is 1. The summed E-state index contributed by atoms with van der Waals surface area (Å²) < 4.78 is 0. The van der Waals surface area contributed by atoms with Crippen molar-refractivity contribution >= 4 is 106 Å². The molecule has 3 heterocycles. The number of H-pyrrole nitrogens is 1. The molecule has 0 aliphatic carbocycles. The van der Waals surface area contributed by atoms with Gasteiger partial charge in [0.05, 0.1) is 55.9 Å². The third-order valence-electron chi connectivity index (χ3n) is 15.5. The number of carboxylic acid groups (broad SMARTS) is 5. The van der Waals surface area contributed by atoms with Gasteiger partial charge in [-0.3, -0.25) is 76.7 Å². The molecule has 2 saturated heterocycles. The molecule has 36 heteroatoms. The van der Waals surface area contributed by atoms with Crippen LogP contribution in [0.1, 0.15) is 143 Å². The molecule has 0 saturated carbocycles. The molecule has 0 radical (unpaired) electrons. The van der Waals surface area contributed by atoms with Gasteiger partial charge in [-0.15, -0.1) is 0 Å². The summed E-state index contributed by atoms with van der Waals surface area (Å²) in [6, 6.07) is -18.5. The molecule has 17 N–H and O–H groups in total. The van der Waals surface area contributed by atoms with Crippen LogP contribution in [0.4, 0.5) is 0 Å². The van der Waals surface area contributed by atoms with E-state index in [4.69, 9.17) is 0 Å². The van der Waals surface area contributed by atoms with Gasteiger partial charge in [0.25, 0.3) is 0 Å². The summed E-state index contributed by atoms with van der Waals surface area (Å²) in [5, 5.41) is 83.9. The molecular formula is C59H91N13O22S. The van der Waals surface area contributed by atoms with E-state index in [2.05, 4.69) is 63.1 Å². The maximum Gasteiger partial charge on any atom is 0.305 e. The molecule has 1 aromatic rings. The van der Waals surface area contributed by atoms with Crippen molar-refractivity contribution in [3.63, 3.8) is 0 Å². The average Bonchev–Trinajstić information content (AvgIpc) is 1.77. The number of Topliss-reactive ketones (excluding diaryl/α,β-unsaturated/α-hetero) is 1. The summed E-state index contributed by atoms with van der Waals surface area (Å²) in [4.78, 5) is 223. The molecule has 2 aliphatic rings. The van der Waals surface area contributed by atoms with Crippen molar-refractivity contribution in [1.82, 2.24) is 68.0 Å². The van der Waals surface area contributed by atoms with Crippen molar-refractivity contribution in [2.45, 2.75) is 216 Å². The van der Waals surface area contributed by atoms with Crippen molar-refractivity contribution in [2.24, 2.45) is 11.8 Å². The number of ketones is 1. The summed E-state index contributed by atoms with van der Waals surface area (Å²) in [5.41, 5.74) is 0.347. The van der Waals surface area contributed by atoms with Crippen LogP contribution in [0.5, 0.6) is 0 Å². The van der Waals surface area contributed by atoms with Crippen molar-refractivity contribution in [2.75, 3.05) is 25.1 Å². The minimum atomic E-state index is -2.02. The lowest BCUT2D eigenvalue weighted by Crippen LogP contribution is -2.62. The van der Waals surface area contributed by atoms with Crippen LogP contribution in [0.2, 0.25) is 0 Å². The van der Waals surface area contributed by atoms with Crippen LogP contribution in [0.3, 0.4) is 0 Å². The highest BCUT2D eigenvalue weighted by molar-refractivity contribution is 7.98. The SMILES string of the molecule is CSCC[C@@H]1NC(=O)[C@H](C(C)C)NC(=O)[C@H](CC(=O)O)NC(=O)[C@H](CCC(=O)O)NC(=O)[C@H](CC(=O)O)NCCCCCCCCC(=O)[C@H](Cc2c[nH]cn2)NC(=O)[C@H](CC(=O)O)NC(=O)[C@H](C(C)C)NC(=O)[C@@H]2CCCN2C(=O)[C@H](CC(=O)O)NC(=O)[C@H]([C@@H](C)O)NC1=O. The van der Waals surface area contributed by atoms with E-state index < -0.39 is 218 Å². The average molecular weight is 1370 g/mol. The minimum absolute atomic E-state index is 0.0450. The number of carboxylic acids is 5. The number of imidazole rings is 1. The van der Waals surface area contributed by atoms with Crippen molar-refractivity contribution in [3.05, 3.63) is 18.2 Å². The normalized spacial score (nSPS) is 26.1. The first-order valence-electron chi connectivity index (χ1n) is 31.3. The van der Waals surface area contributed by atoms with E-state index in [0.717, 1.165) is 11.8 Å². The molecule has 12 atom stereocenters. The van der Waals surface area contributed by atoms with E-state index in [0.29, 0.717) is 44.2 Å². The first kappa shape index (κ1) is 80.4. The van der Waals surface area contributed by atoms with E-state index in [1.807, 2.05) is 0 Å². The number of hydrogen-bond donors (Lipinski definition) is 17. The maximum atomic E-state index is 14.4. The number of aliphatic carboxylic acids is 5. The first-order valence-corrected chi connectivity index (χ1v) is 32.7. The van der Waals surface area contributed by atoms with Gasteiger partial charge in [0, 0.05) is 32.0 Å². The van der Waals surface area contributed by atoms with Crippen LogP contribution >= 0.6 is 11.8 Å². The lowest BCUT2D eigenvalue weighted by atomic mass is 9.99. The second kappa shape index (κ2) is 40.5. The molecule has 0 spiro atoms. The van der Waals surface area contributed by atoms with E-state index in [-0.39, 0.29) is 50.9 Å². The number of carbonyl (C=O) groups is 16. The highest BCUT2D eigenvalue weighted by atomic mass is 32.2. The number of rotatable bonds is 19. The fraction of sp³-hybridized carbons (Fsp3) is 0.678. The minimum Gasteiger partial charge on any atom is -0.481 e. The Balaban J connectivity index is 2.09. The number of nitrogens with zero attached hydrogens (tertiary/aromatic N) is 2.